The van der Waals surface area contributed by atoms with Gasteiger partial charge in [0.05, 0.1) is 0 Å². The first-order valence-electron chi connectivity index (χ1n) is 6.63. The monoisotopic (exact) mass is 345 g/mol. The van der Waals surface area contributed by atoms with Crippen LogP contribution in [-0.2, 0) is 19.6 Å². The number of aliphatic carboxylic acids is 1. The predicted octanol–water partition coefficient (Wildman–Crippen LogP) is 0.338. The number of nitrogens with one attached hydrogen (secondary N) is 2. The molecular weight excluding hydrogens is 326 g/mol. The molecule has 0 saturated carbocycles. The Morgan fingerprint density at radius 1 is 1.39 bits per heavy atom. The van der Waals surface area contributed by atoms with Gasteiger partial charge < -0.3 is 15.2 Å². The highest BCUT2D eigenvalue weighted by Crippen LogP contribution is 2.08. The molecule has 1 aromatic heterocycles. The van der Waals surface area contributed by atoms with Crippen molar-refractivity contribution in [1.29, 1.82) is 0 Å². The molecule has 0 bridgehead atoms. The summed E-state index contributed by atoms with van der Waals surface area (Å²) in [5.74, 6) is -1.44. The lowest BCUT2D eigenvalue weighted by Crippen LogP contribution is -2.49. The number of aromatic nitrogens is 1. The summed E-state index contributed by atoms with van der Waals surface area (Å²) >= 11 is 0. The molecular formula is C13H19N3O6S. The van der Waals surface area contributed by atoms with Gasteiger partial charge in [0.2, 0.25) is 10.0 Å². The van der Waals surface area contributed by atoms with Gasteiger partial charge in [-0.3, -0.25) is 9.78 Å². The van der Waals surface area contributed by atoms with E-state index in [4.69, 9.17) is 9.84 Å². The fourth-order valence-electron chi connectivity index (χ4n) is 1.44. The van der Waals surface area contributed by atoms with Gasteiger partial charge in [-0.25, -0.2) is 13.2 Å². The van der Waals surface area contributed by atoms with Gasteiger partial charge in [-0.05, 0) is 32.9 Å². The largest absolute Gasteiger partial charge is 0.480 e. The second kappa shape index (κ2) is 7.38. The topological polar surface area (TPSA) is 135 Å². The highest BCUT2D eigenvalue weighted by Gasteiger charge is 2.26. The second-order valence-electron chi connectivity index (χ2n) is 5.58. The number of alkyl carbamates (subject to hydrolysis) is 1. The molecule has 0 saturated heterocycles. The predicted molar refractivity (Wildman–Crippen MR) is 80.2 cm³/mol. The lowest BCUT2D eigenvalue weighted by atomic mass is 10.2. The average Bonchev–Trinajstić information content (AvgIpc) is 2.42. The number of nitrogens with zero attached hydrogens (tertiary/aromatic N) is 1. The Morgan fingerprint density at radius 3 is 2.52 bits per heavy atom. The number of carboxylic acid groups (broad SMARTS) is 1. The van der Waals surface area contributed by atoms with E-state index in [0.29, 0.717) is 0 Å². The molecule has 0 radical (unpaired) electrons. The molecule has 10 heteroatoms. The molecule has 23 heavy (non-hydrogen) atoms. The molecule has 1 heterocycles. The van der Waals surface area contributed by atoms with Crippen molar-refractivity contribution in [3.63, 3.8) is 0 Å². The molecule has 0 spiro atoms. The average molecular weight is 345 g/mol. The molecule has 3 N–H and O–H groups in total. The van der Waals surface area contributed by atoms with Crippen LogP contribution >= 0.6 is 0 Å². The SMILES string of the molecule is CC(C)(C)OC(=O)NC[C@H](NS(=O)(=O)c1cccnc1)C(=O)O. The van der Waals surface area contributed by atoms with Gasteiger partial charge in [0, 0.05) is 18.9 Å². The number of hydrogen-bond donors (Lipinski definition) is 3. The van der Waals surface area contributed by atoms with Crippen molar-refractivity contribution in [3.05, 3.63) is 24.5 Å². The van der Waals surface area contributed by atoms with E-state index in [1.807, 2.05) is 4.72 Å². The van der Waals surface area contributed by atoms with E-state index in [9.17, 15) is 18.0 Å². The molecule has 1 rings (SSSR count). The van der Waals surface area contributed by atoms with E-state index in [1.165, 1.54) is 18.3 Å². The Kier molecular flexibility index (Phi) is 6.05. The molecule has 0 aliphatic rings. The Bertz CT molecular complexity index is 654. The summed E-state index contributed by atoms with van der Waals surface area (Å²) < 4.78 is 31.1. The zero-order chi connectivity index (χ0) is 17.7. The van der Waals surface area contributed by atoms with Crippen molar-refractivity contribution in [2.24, 2.45) is 0 Å². The van der Waals surface area contributed by atoms with Crippen LogP contribution in [-0.4, -0.2) is 48.8 Å². The van der Waals surface area contributed by atoms with Gasteiger partial charge in [0.15, 0.2) is 0 Å². The van der Waals surface area contributed by atoms with Crippen LogP contribution in [0.2, 0.25) is 0 Å². The molecule has 128 valence electrons. The Hall–Kier alpha value is -2.20. The number of sulfonamides is 1. The number of carboxylic acids is 1. The van der Waals surface area contributed by atoms with Crippen LogP contribution in [0.25, 0.3) is 0 Å². The Labute approximate surface area is 134 Å². The highest BCUT2D eigenvalue weighted by molar-refractivity contribution is 7.89. The Morgan fingerprint density at radius 2 is 2.04 bits per heavy atom. The van der Waals surface area contributed by atoms with Crippen LogP contribution < -0.4 is 10.0 Å². The lowest BCUT2D eigenvalue weighted by Gasteiger charge is -2.21. The summed E-state index contributed by atoms with van der Waals surface area (Å²) in [6.07, 6.45) is 1.63. The summed E-state index contributed by atoms with van der Waals surface area (Å²) in [7, 11) is -4.07. The number of carbonyl (C=O) groups excluding carboxylic acids is 1. The van der Waals surface area contributed by atoms with Crippen molar-refractivity contribution < 1.29 is 27.9 Å². The minimum absolute atomic E-state index is 0.177. The van der Waals surface area contributed by atoms with E-state index >= 15 is 0 Å². The quantitative estimate of drug-likeness (QED) is 0.676. The highest BCUT2D eigenvalue weighted by atomic mass is 32.2. The van der Waals surface area contributed by atoms with Crippen LogP contribution in [0.4, 0.5) is 4.79 Å². The van der Waals surface area contributed by atoms with Crippen LogP contribution in [0.1, 0.15) is 20.8 Å². The molecule has 9 nitrogen and oxygen atoms in total. The maximum atomic E-state index is 12.1. The maximum Gasteiger partial charge on any atom is 0.407 e. The maximum absolute atomic E-state index is 12.1. The van der Waals surface area contributed by atoms with Crippen molar-refractivity contribution >= 4 is 22.1 Å². The summed E-state index contributed by atoms with van der Waals surface area (Å²) in [5, 5.41) is 11.3. The normalized spacial score (nSPS) is 13.2. The minimum Gasteiger partial charge on any atom is -0.480 e. The molecule has 1 aromatic rings. The van der Waals surface area contributed by atoms with Crippen LogP contribution in [0.5, 0.6) is 0 Å². The smallest absolute Gasteiger partial charge is 0.407 e. The fourth-order valence-corrected chi connectivity index (χ4v) is 2.59. The minimum atomic E-state index is -4.07. The van der Waals surface area contributed by atoms with E-state index in [2.05, 4.69) is 10.3 Å². The van der Waals surface area contributed by atoms with Gasteiger partial charge in [0.1, 0.15) is 16.5 Å². The van der Waals surface area contributed by atoms with E-state index < -0.39 is 40.3 Å². The van der Waals surface area contributed by atoms with Gasteiger partial charge in [-0.15, -0.1) is 0 Å². The van der Waals surface area contributed by atoms with E-state index in [0.717, 1.165) is 6.20 Å². The van der Waals surface area contributed by atoms with Crippen molar-refractivity contribution in [3.8, 4) is 0 Å². The Balaban J connectivity index is 2.73. The third-order valence-electron chi connectivity index (χ3n) is 2.39. The van der Waals surface area contributed by atoms with Gasteiger partial charge >= 0.3 is 12.1 Å². The molecule has 0 aliphatic carbocycles. The van der Waals surface area contributed by atoms with Crippen LogP contribution in [0.3, 0.4) is 0 Å². The molecule has 1 atom stereocenters. The van der Waals surface area contributed by atoms with Gasteiger partial charge in [-0.1, -0.05) is 0 Å². The van der Waals surface area contributed by atoms with Crippen molar-refractivity contribution in [2.75, 3.05) is 6.54 Å². The van der Waals surface area contributed by atoms with Crippen LogP contribution in [0.15, 0.2) is 29.4 Å². The van der Waals surface area contributed by atoms with Crippen molar-refractivity contribution in [1.82, 2.24) is 15.0 Å². The number of hydrogen-bond acceptors (Lipinski definition) is 6. The standard InChI is InChI=1S/C13H19N3O6S/c1-13(2,3)22-12(19)15-8-10(11(17)18)16-23(20,21)9-5-4-6-14-7-9/h4-7,10,16H,8H2,1-3H3,(H,15,19)(H,17,18)/t10-/m0/s1. The van der Waals surface area contributed by atoms with E-state index in [-0.39, 0.29) is 4.90 Å². The first kappa shape index (κ1) is 18.8. The summed E-state index contributed by atoms with van der Waals surface area (Å²) in [5.41, 5.74) is -0.752. The fraction of sp³-hybridized carbons (Fsp3) is 0.462. The number of carbonyl (C=O) groups is 2. The third-order valence-corrected chi connectivity index (χ3v) is 3.85. The first-order chi connectivity index (χ1) is 10.5. The molecule has 0 aliphatic heterocycles. The number of ether oxygens (including phenoxy) is 1. The molecule has 0 fully saturated rings. The van der Waals surface area contributed by atoms with Gasteiger partial charge in [-0.2, -0.15) is 4.72 Å². The molecule has 1 amide bonds. The second-order valence-corrected chi connectivity index (χ2v) is 7.30. The van der Waals surface area contributed by atoms with E-state index in [1.54, 1.807) is 20.8 Å². The van der Waals surface area contributed by atoms with Crippen LogP contribution in [0, 0.1) is 0 Å². The molecule has 0 unspecified atom stereocenters. The lowest BCUT2D eigenvalue weighted by molar-refractivity contribution is -0.138. The number of pyridine rings is 1. The summed E-state index contributed by atoms with van der Waals surface area (Å²) in [6.45, 7) is 4.47. The zero-order valence-electron chi connectivity index (χ0n) is 12.9. The van der Waals surface area contributed by atoms with Gasteiger partial charge in [0.25, 0.3) is 0 Å². The summed E-state index contributed by atoms with van der Waals surface area (Å²) in [6, 6.07) is 1.13. The molecule has 0 aromatic carbocycles. The number of rotatable bonds is 6. The first-order valence-corrected chi connectivity index (χ1v) is 8.11. The number of amides is 1. The summed E-state index contributed by atoms with van der Waals surface area (Å²) in [4.78, 5) is 26.2. The third kappa shape index (κ3) is 6.61. The zero-order valence-corrected chi connectivity index (χ0v) is 13.8. The van der Waals surface area contributed by atoms with Crippen molar-refractivity contribution in [2.45, 2.75) is 37.3 Å².